The third kappa shape index (κ3) is 7.94. The maximum absolute atomic E-state index is 15.0. The van der Waals surface area contributed by atoms with Gasteiger partial charge in [0, 0.05) is 43.4 Å². The molecule has 1 fully saturated rings. The van der Waals surface area contributed by atoms with Gasteiger partial charge in [0.2, 0.25) is 0 Å². The average molecular weight is 629 g/mol. The zero-order chi connectivity index (χ0) is 32.7. The smallest absolute Gasteiger partial charge is 0.392 e. The summed E-state index contributed by atoms with van der Waals surface area (Å²) in [4.78, 5) is 21.0. The first-order valence-corrected chi connectivity index (χ1v) is 13.9. The highest BCUT2D eigenvalue weighted by Crippen LogP contribution is 2.37. The van der Waals surface area contributed by atoms with Crippen molar-refractivity contribution in [2.24, 2.45) is 0 Å². The first-order valence-electron chi connectivity index (χ1n) is 13.9. The number of imidazole rings is 1. The lowest BCUT2D eigenvalue weighted by molar-refractivity contribution is -0.141. The van der Waals surface area contributed by atoms with Crippen LogP contribution in [0.15, 0.2) is 49.7 Å². The molecule has 5 N–H and O–H groups in total. The van der Waals surface area contributed by atoms with Crippen molar-refractivity contribution in [1.29, 1.82) is 5.26 Å². The van der Waals surface area contributed by atoms with E-state index in [2.05, 4.69) is 42.9 Å². The number of nitrogens with one attached hydrogen (secondary N) is 4. The number of hydrogen-bond donors (Lipinski definition) is 5. The van der Waals surface area contributed by atoms with Gasteiger partial charge in [0.1, 0.15) is 12.4 Å². The Morgan fingerprint density at radius 2 is 2.13 bits per heavy atom. The first kappa shape index (κ1) is 32.9. The van der Waals surface area contributed by atoms with Crippen LogP contribution in [-0.2, 0) is 12.7 Å². The number of carbonyl (C=O) groups is 1. The molecule has 45 heavy (non-hydrogen) atoms. The van der Waals surface area contributed by atoms with Crippen LogP contribution in [0.25, 0.3) is 16.9 Å². The summed E-state index contributed by atoms with van der Waals surface area (Å²) in [5.41, 5.74) is -0.697. The summed E-state index contributed by atoms with van der Waals surface area (Å²) < 4.78 is 58.3. The number of carbonyl (C=O) groups excluding carboxylic acids is 1. The minimum atomic E-state index is -4.77. The quantitative estimate of drug-likeness (QED) is 0.175. The summed E-state index contributed by atoms with van der Waals surface area (Å²) in [6, 6.07) is 4.15. The zero-order valence-corrected chi connectivity index (χ0v) is 24.5. The second-order valence-corrected chi connectivity index (χ2v) is 10.3. The SMILES string of the molecule is C=CNCC(C)NC(=O)c1c(C)cc(Nc2nccn3c(-c4cn(CC#N)nc4C(F)(F)F)cnc23)cc1F.OC1CCNC1. The van der Waals surface area contributed by atoms with E-state index in [1.54, 1.807) is 26.0 Å². The number of fused-ring (bicyclic) bond motifs is 1. The maximum atomic E-state index is 15.0. The molecule has 1 aliphatic rings. The van der Waals surface area contributed by atoms with Crippen molar-refractivity contribution in [1.82, 2.24) is 40.1 Å². The number of nitrogens with zero attached hydrogens (tertiary/aromatic N) is 6. The number of benzene rings is 1. The Morgan fingerprint density at radius 3 is 2.73 bits per heavy atom. The standard InChI is InChI=1S/C25H23F4N9O.C4H9NO/c1-4-31-11-15(3)34-24(39)20-14(2)9-16(10-18(20)26)35-22-23-33-12-19(38(23)8-6-32-22)17-13-37(7-5-30)36-21(17)25(27,28)29;6-4-1-2-5-3-4/h4,6,8-10,12-13,15,31H,1,7,11H2,2-3H3,(H,32,35)(H,34,39);4-6H,1-3H2. The minimum Gasteiger partial charge on any atom is -0.392 e. The fraction of sp³-hybridized carbons (Fsp3) is 0.345. The predicted octanol–water partition coefficient (Wildman–Crippen LogP) is 3.52. The van der Waals surface area contributed by atoms with E-state index in [1.165, 1.54) is 29.2 Å². The monoisotopic (exact) mass is 628 g/mol. The number of aliphatic hydroxyl groups is 1. The Labute approximate surface area is 255 Å². The summed E-state index contributed by atoms with van der Waals surface area (Å²) in [6.07, 6.45) is 2.71. The van der Waals surface area contributed by atoms with Gasteiger partial charge in [-0.05, 0) is 50.7 Å². The molecule has 1 aromatic carbocycles. The van der Waals surface area contributed by atoms with Crippen molar-refractivity contribution in [3.8, 4) is 17.3 Å². The lowest BCUT2D eigenvalue weighted by Crippen LogP contribution is -2.39. The van der Waals surface area contributed by atoms with Gasteiger partial charge in [-0.2, -0.15) is 23.5 Å². The summed E-state index contributed by atoms with van der Waals surface area (Å²) in [6.45, 7) is 8.71. The normalized spacial score (nSPS) is 15.1. The van der Waals surface area contributed by atoms with Crippen LogP contribution < -0.4 is 21.3 Å². The van der Waals surface area contributed by atoms with E-state index in [0.717, 1.165) is 36.5 Å². The van der Waals surface area contributed by atoms with Crippen LogP contribution in [0.4, 0.5) is 29.1 Å². The molecule has 0 radical (unpaired) electrons. The Balaban J connectivity index is 0.000000687. The van der Waals surface area contributed by atoms with Crippen molar-refractivity contribution in [3.63, 3.8) is 0 Å². The molecule has 4 aromatic rings. The molecule has 1 saturated heterocycles. The molecular weight excluding hydrogens is 596 g/mol. The van der Waals surface area contributed by atoms with Crippen molar-refractivity contribution >= 4 is 23.1 Å². The molecule has 2 atom stereocenters. The first-order chi connectivity index (χ1) is 21.4. The average Bonchev–Trinajstić information content (AvgIpc) is 3.72. The molecule has 2 unspecified atom stereocenters. The third-order valence-corrected chi connectivity index (χ3v) is 6.72. The van der Waals surface area contributed by atoms with E-state index in [0.29, 0.717) is 12.1 Å². The molecule has 12 nitrogen and oxygen atoms in total. The fourth-order valence-corrected chi connectivity index (χ4v) is 4.67. The highest BCUT2D eigenvalue weighted by Gasteiger charge is 2.38. The predicted molar refractivity (Wildman–Crippen MR) is 158 cm³/mol. The van der Waals surface area contributed by atoms with Gasteiger partial charge in [0.05, 0.1) is 35.2 Å². The molecule has 0 saturated carbocycles. The highest BCUT2D eigenvalue weighted by molar-refractivity contribution is 5.96. The van der Waals surface area contributed by atoms with Gasteiger partial charge in [-0.3, -0.25) is 13.9 Å². The third-order valence-electron chi connectivity index (χ3n) is 6.72. The van der Waals surface area contributed by atoms with Gasteiger partial charge >= 0.3 is 6.18 Å². The molecule has 3 aromatic heterocycles. The molecule has 238 valence electrons. The van der Waals surface area contributed by atoms with E-state index >= 15 is 4.39 Å². The molecule has 16 heteroatoms. The Morgan fingerprint density at radius 1 is 1.36 bits per heavy atom. The summed E-state index contributed by atoms with van der Waals surface area (Å²) >= 11 is 0. The Bertz CT molecular complexity index is 1680. The van der Waals surface area contributed by atoms with Crippen LogP contribution in [-0.4, -0.2) is 66.9 Å². The number of alkyl halides is 3. The summed E-state index contributed by atoms with van der Waals surface area (Å²) in [5, 5.41) is 32.6. The number of hydrogen-bond acceptors (Lipinski definition) is 9. The lowest BCUT2D eigenvalue weighted by Gasteiger charge is -2.16. The molecule has 1 aliphatic heterocycles. The van der Waals surface area contributed by atoms with Crippen molar-refractivity contribution in [3.05, 3.63) is 72.3 Å². The fourth-order valence-electron chi connectivity index (χ4n) is 4.67. The largest absolute Gasteiger partial charge is 0.435 e. The number of aliphatic hydroxyl groups excluding tert-OH is 1. The second-order valence-electron chi connectivity index (χ2n) is 10.3. The van der Waals surface area contributed by atoms with Crippen LogP contribution in [0.3, 0.4) is 0 Å². The number of halogens is 4. The van der Waals surface area contributed by atoms with E-state index in [4.69, 9.17) is 10.4 Å². The van der Waals surface area contributed by atoms with Crippen molar-refractivity contribution in [2.75, 3.05) is 25.0 Å². The van der Waals surface area contributed by atoms with E-state index in [1.807, 2.05) is 0 Å². The van der Waals surface area contributed by atoms with Gasteiger partial charge in [0.15, 0.2) is 17.2 Å². The molecule has 0 aliphatic carbocycles. The number of aryl methyl sites for hydroxylation is 1. The van der Waals surface area contributed by atoms with Gasteiger partial charge in [-0.25, -0.2) is 14.4 Å². The van der Waals surface area contributed by atoms with Gasteiger partial charge in [-0.15, -0.1) is 0 Å². The van der Waals surface area contributed by atoms with Crippen LogP contribution in [0.5, 0.6) is 0 Å². The molecule has 0 bridgehead atoms. The Hall–Kier alpha value is -5.01. The van der Waals surface area contributed by atoms with Crippen LogP contribution in [0.1, 0.15) is 35.0 Å². The van der Waals surface area contributed by atoms with Gasteiger partial charge in [0.25, 0.3) is 5.91 Å². The number of amides is 1. The molecule has 4 heterocycles. The highest BCUT2D eigenvalue weighted by atomic mass is 19.4. The van der Waals surface area contributed by atoms with Crippen LogP contribution >= 0.6 is 0 Å². The lowest BCUT2D eigenvalue weighted by atomic mass is 10.1. The van der Waals surface area contributed by atoms with E-state index in [9.17, 15) is 18.0 Å². The number of nitriles is 1. The molecule has 1 amide bonds. The Kier molecular flexibility index (Phi) is 10.4. The maximum Gasteiger partial charge on any atom is 0.435 e. The van der Waals surface area contributed by atoms with Crippen molar-refractivity contribution < 1.29 is 27.5 Å². The zero-order valence-electron chi connectivity index (χ0n) is 24.5. The van der Waals surface area contributed by atoms with Crippen LogP contribution in [0, 0.1) is 24.1 Å². The molecule has 0 spiro atoms. The number of rotatable bonds is 9. The number of β-amino-alcohol motifs (C(OH)–C–C–N with tert-alkyl or cyclic N) is 1. The molecular formula is C29H32F4N10O2. The van der Waals surface area contributed by atoms with E-state index in [-0.39, 0.29) is 52.7 Å². The topological polar surface area (TPSA) is 157 Å². The number of aromatic nitrogens is 5. The van der Waals surface area contributed by atoms with Crippen LogP contribution in [0.2, 0.25) is 0 Å². The van der Waals surface area contributed by atoms with Crippen molar-refractivity contribution in [2.45, 2.75) is 45.1 Å². The second kappa shape index (κ2) is 14.2. The summed E-state index contributed by atoms with van der Waals surface area (Å²) in [5.74, 6) is -1.21. The molecule has 5 rings (SSSR count). The van der Waals surface area contributed by atoms with E-state index < -0.39 is 23.6 Å². The van der Waals surface area contributed by atoms with Gasteiger partial charge in [-0.1, -0.05) is 6.58 Å². The number of anilines is 2. The summed E-state index contributed by atoms with van der Waals surface area (Å²) in [7, 11) is 0. The minimum absolute atomic E-state index is 0.0648. The van der Waals surface area contributed by atoms with Gasteiger partial charge < -0.3 is 26.4 Å².